The number of alkyl halides is 3. The van der Waals surface area contributed by atoms with Crippen molar-refractivity contribution in [3.05, 3.63) is 65.6 Å². The molecule has 8 nitrogen and oxygen atoms in total. The summed E-state index contributed by atoms with van der Waals surface area (Å²) in [7, 11) is -1.88. The van der Waals surface area contributed by atoms with E-state index in [0.717, 1.165) is 18.2 Å². The van der Waals surface area contributed by atoms with E-state index in [2.05, 4.69) is 15.5 Å². The minimum absolute atomic E-state index is 0.0787. The van der Waals surface area contributed by atoms with Gasteiger partial charge >= 0.3 is 6.18 Å². The van der Waals surface area contributed by atoms with Crippen LogP contribution in [0.3, 0.4) is 0 Å². The summed E-state index contributed by atoms with van der Waals surface area (Å²) in [4.78, 5) is 12.9. The van der Waals surface area contributed by atoms with Gasteiger partial charge in [-0.15, -0.1) is 10.2 Å². The van der Waals surface area contributed by atoms with Crippen LogP contribution in [0.1, 0.15) is 16.1 Å². The number of nitrogens with zero attached hydrogens (tertiary/aromatic N) is 2. The van der Waals surface area contributed by atoms with Crippen LogP contribution in [0.4, 0.5) is 23.2 Å². The summed E-state index contributed by atoms with van der Waals surface area (Å²) in [5, 5.41) is 8.80. The van der Waals surface area contributed by atoms with Gasteiger partial charge in [0.2, 0.25) is 0 Å². The van der Waals surface area contributed by atoms with Crippen LogP contribution in [0, 0.1) is 10.6 Å². The van der Waals surface area contributed by atoms with Crippen molar-refractivity contribution in [1.29, 1.82) is 4.78 Å². The Balaban J connectivity index is 2.02. The molecule has 1 unspecified atom stereocenters. The maximum absolute atomic E-state index is 13.4. The summed E-state index contributed by atoms with van der Waals surface area (Å²) in [6, 6.07) is 9.08. The summed E-state index contributed by atoms with van der Waals surface area (Å²) in [5.41, 5.74) is -1.99. The fourth-order valence-corrected chi connectivity index (χ4v) is 3.29. The molecule has 0 saturated heterocycles. The Kier molecular flexibility index (Phi) is 6.53. The SMILES string of the molecule is COc1cc(F)ccc1Oc1nnc(C(F)(F)F)cc1C(=O)Nc1cccc(S(C)(=N)=O)c1. The molecule has 0 aliphatic carbocycles. The summed E-state index contributed by atoms with van der Waals surface area (Å²) >= 11 is 0. The quantitative estimate of drug-likeness (QED) is 0.490. The molecule has 1 atom stereocenters. The third-order valence-electron chi connectivity index (χ3n) is 4.17. The molecule has 0 spiro atoms. The number of aromatic nitrogens is 2. The predicted molar refractivity (Wildman–Crippen MR) is 110 cm³/mol. The average molecular weight is 484 g/mol. The monoisotopic (exact) mass is 484 g/mol. The number of amides is 1. The summed E-state index contributed by atoms with van der Waals surface area (Å²) < 4.78 is 82.9. The number of hydrogen-bond acceptors (Lipinski definition) is 7. The first-order valence-electron chi connectivity index (χ1n) is 9.00. The van der Waals surface area contributed by atoms with Crippen LogP contribution >= 0.6 is 0 Å². The van der Waals surface area contributed by atoms with Crippen molar-refractivity contribution >= 4 is 21.3 Å². The van der Waals surface area contributed by atoms with Crippen molar-refractivity contribution in [1.82, 2.24) is 10.2 Å². The molecule has 0 fully saturated rings. The van der Waals surface area contributed by atoms with E-state index in [9.17, 15) is 26.6 Å². The highest BCUT2D eigenvalue weighted by molar-refractivity contribution is 7.91. The molecule has 33 heavy (non-hydrogen) atoms. The average Bonchev–Trinajstić information content (AvgIpc) is 2.74. The van der Waals surface area contributed by atoms with Crippen LogP contribution in [-0.2, 0) is 15.9 Å². The Labute approximate surface area is 185 Å². The van der Waals surface area contributed by atoms with E-state index in [1.807, 2.05) is 0 Å². The van der Waals surface area contributed by atoms with E-state index in [-0.39, 0.29) is 22.1 Å². The number of rotatable bonds is 6. The lowest BCUT2D eigenvalue weighted by Crippen LogP contribution is -2.18. The highest BCUT2D eigenvalue weighted by Crippen LogP contribution is 2.35. The molecule has 0 saturated carbocycles. The Bertz CT molecular complexity index is 1310. The number of anilines is 1. The number of carbonyl (C=O) groups is 1. The maximum Gasteiger partial charge on any atom is 0.435 e. The number of ether oxygens (including phenoxy) is 2. The molecule has 0 aliphatic rings. The van der Waals surface area contributed by atoms with Gasteiger partial charge in [0, 0.05) is 22.9 Å². The zero-order valence-corrected chi connectivity index (χ0v) is 17.9. The van der Waals surface area contributed by atoms with Crippen LogP contribution in [0.15, 0.2) is 53.4 Å². The molecule has 2 aromatic carbocycles. The summed E-state index contributed by atoms with van der Waals surface area (Å²) in [6.07, 6.45) is -3.72. The molecule has 0 aliphatic heterocycles. The van der Waals surface area contributed by atoms with Gasteiger partial charge in [-0.25, -0.2) is 13.4 Å². The predicted octanol–water partition coefficient (Wildman–Crippen LogP) is 4.72. The van der Waals surface area contributed by atoms with Gasteiger partial charge in [0.15, 0.2) is 17.2 Å². The van der Waals surface area contributed by atoms with E-state index >= 15 is 0 Å². The smallest absolute Gasteiger partial charge is 0.435 e. The summed E-state index contributed by atoms with van der Waals surface area (Å²) in [5.74, 6) is -2.51. The molecule has 3 rings (SSSR count). The highest BCUT2D eigenvalue weighted by atomic mass is 32.2. The fourth-order valence-electron chi connectivity index (χ4n) is 2.60. The van der Waals surface area contributed by atoms with Crippen LogP contribution in [0.25, 0.3) is 0 Å². The molecule has 0 radical (unpaired) electrons. The topological polar surface area (TPSA) is 114 Å². The van der Waals surface area contributed by atoms with Crippen molar-refractivity contribution < 1.29 is 36.0 Å². The van der Waals surface area contributed by atoms with E-state index in [4.69, 9.17) is 14.3 Å². The molecular formula is C20H16F4N4O4S. The standard InChI is InChI=1S/C20H16F4N4O4S/c1-31-16-8-11(21)6-7-15(16)32-19-14(10-17(27-28-19)20(22,23)24)18(29)26-12-4-3-5-13(9-12)33(2,25)30/h3-10,25H,1-2H3,(H,26,29). The van der Waals surface area contributed by atoms with E-state index in [1.54, 1.807) is 0 Å². The van der Waals surface area contributed by atoms with Crippen molar-refractivity contribution in [3.63, 3.8) is 0 Å². The van der Waals surface area contributed by atoms with E-state index in [0.29, 0.717) is 6.07 Å². The van der Waals surface area contributed by atoms with Gasteiger partial charge in [0.1, 0.15) is 11.4 Å². The molecular weight excluding hydrogens is 468 g/mol. The Morgan fingerprint density at radius 3 is 2.45 bits per heavy atom. The van der Waals surface area contributed by atoms with Gasteiger partial charge in [0.05, 0.1) is 16.8 Å². The zero-order chi connectivity index (χ0) is 24.4. The Hall–Kier alpha value is -3.74. The maximum atomic E-state index is 13.4. The first-order valence-corrected chi connectivity index (χ1v) is 11.0. The normalized spacial score (nSPS) is 13.2. The van der Waals surface area contributed by atoms with Crippen molar-refractivity contribution in [2.24, 2.45) is 0 Å². The Morgan fingerprint density at radius 2 is 1.82 bits per heavy atom. The van der Waals surface area contributed by atoms with Crippen LogP contribution in [0.5, 0.6) is 17.4 Å². The number of methoxy groups -OCH3 is 1. The second-order valence-corrected chi connectivity index (χ2v) is 8.83. The van der Waals surface area contributed by atoms with Gasteiger partial charge in [-0.05, 0) is 36.4 Å². The molecule has 0 bridgehead atoms. The number of hydrogen-bond donors (Lipinski definition) is 2. The van der Waals surface area contributed by atoms with E-state index < -0.39 is 44.8 Å². The second-order valence-electron chi connectivity index (χ2n) is 6.67. The van der Waals surface area contributed by atoms with Crippen LogP contribution in [-0.4, -0.2) is 33.7 Å². The minimum atomic E-state index is -4.90. The lowest BCUT2D eigenvalue weighted by molar-refractivity contribution is -0.141. The number of benzene rings is 2. The molecule has 3 aromatic rings. The molecule has 1 amide bonds. The van der Waals surface area contributed by atoms with Crippen LogP contribution < -0.4 is 14.8 Å². The second kappa shape index (κ2) is 9.02. The molecule has 1 heterocycles. The van der Waals surface area contributed by atoms with E-state index in [1.165, 1.54) is 37.6 Å². The molecule has 174 valence electrons. The number of nitrogens with one attached hydrogen (secondary N) is 2. The van der Waals surface area contributed by atoms with Gasteiger partial charge in [-0.1, -0.05) is 6.07 Å². The van der Waals surface area contributed by atoms with Gasteiger partial charge < -0.3 is 14.8 Å². The van der Waals surface area contributed by atoms with Crippen LogP contribution in [0.2, 0.25) is 0 Å². The lowest BCUT2D eigenvalue weighted by atomic mass is 10.2. The zero-order valence-electron chi connectivity index (χ0n) is 17.1. The third-order valence-corrected chi connectivity index (χ3v) is 5.32. The summed E-state index contributed by atoms with van der Waals surface area (Å²) in [6.45, 7) is 0. The third kappa shape index (κ3) is 5.74. The van der Waals surface area contributed by atoms with Crippen molar-refractivity contribution in [2.75, 3.05) is 18.7 Å². The molecule has 13 heteroatoms. The van der Waals surface area contributed by atoms with Crippen molar-refractivity contribution in [3.8, 4) is 17.4 Å². The van der Waals surface area contributed by atoms with Gasteiger partial charge in [0.25, 0.3) is 11.8 Å². The minimum Gasteiger partial charge on any atom is -0.493 e. The van der Waals surface area contributed by atoms with Gasteiger partial charge in [-0.2, -0.15) is 13.2 Å². The Morgan fingerprint density at radius 1 is 1.09 bits per heavy atom. The first-order chi connectivity index (χ1) is 15.4. The fraction of sp³-hybridized carbons (Fsp3) is 0.150. The lowest BCUT2D eigenvalue weighted by Gasteiger charge is -2.14. The number of halogens is 4. The largest absolute Gasteiger partial charge is 0.493 e. The van der Waals surface area contributed by atoms with Crippen molar-refractivity contribution in [2.45, 2.75) is 11.1 Å². The number of carbonyl (C=O) groups excluding carboxylic acids is 1. The van der Waals surface area contributed by atoms with Gasteiger partial charge in [-0.3, -0.25) is 4.79 Å². The molecule has 1 aromatic heterocycles. The highest BCUT2D eigenvalue weighted by Gasteiger charge is 2.35. The molecule has 2 N–H and O–H groups in total. The first kappa shape index (κ1) is 23.9.